The number of ether oxygens (including phenoxy) is 1. The van der Waals surface area contributed by atoms with Gasteiger partial charge in [-0.25, -0.2) is 0 Å². The highest BCUT2D eigenvalue weighted by Gasteiger charge is 2.21. The third kappa shape index (κ3) is 8.47. The first kappa shape index (κ1) is 23.7. The minimum absolute atomic E-state index is 0. The molecule has 1 fully saturated rings. The molecule has 1 aliphatic carbocycles. The molecule has 2 rings (SSSR count). The molecule has 0 radical (unpaired) electrons. The van der Waals surface area contributed by atoms with E-state index in [9.17, 15) is 4.79 Å². The van der Waals surface area contributed by atoms with Gasteiger partial charge in [0.05, 0.1) is 6.61 Å². The van der Waals surface area contributed by atoms with Crippen LogP contribution < -0.4 is 16.0 Å². The molecule has 6 nitrogen and oxygen atoms in total. The number of carbonyl (C=O) groups is 1. The van der Waals surface area contributed by atoms with E-state index < -0.39 is 0 Å². The molecule has 0 bridgehead atoms. The van der Waals surface area contributed by atoms with Crippen LogP contribution in [-0.4, -0.2) is 38.7 Å². The van der Waals surface area contributed by atoms with Crippen LogP contribution >= 0.6 is 24.0 Å². The van der Waals surface area contributed by atoms with Gasteiger partial charge in [-0.15, -0.1) is 24.0 Å². The number of hydrogen-bond donors (Lipinski definition) is 3. The van der Waals surface area contributed by atoms with Gasteiger partial charge in [-0.3, -0.25) is 9.79 Å². The Morgan fingerprint density at radius 3 is 2.70 bits per heavy atom. The zero-order chi connectivity index (χ0) is 18.8. The first-order valence-electron chi connectivity index (χ1n) is 9.48. The van der Waals surface area contributed by atoms with E-state index in [-0.39, 0.29) is 41.8 Å². The Labute approximate surface area is 179 Å². The Bertz CT molecular complexity index is 603. The van der Waals surface area contributed by atoms with E-state index in [0.717, 1.165) is 42.9 Å². The van der Waals surface area contributed by atoms with Crippen LogP contribution in [0.1, 0.15) is 44.6 Å². The number of aliphatic imine (C=N–C) groups is 1. The highest BCUT2D eigenvalue weighted by Crippen LogP contribution is 2.25. The number of anilines is 1. The lowest BCUT2D eigenvalue weighted by molar-refractivity contribution is -0.120. The second kappa shape index (κ2) is 12.9. The number of methoxy groups -OCH3 is 1. The molecule has 152 valence electrons. The second-order valence-corrected chi connectivity index (χ2v) is 6.95. The summed E-state index contributed by atoms with van der Waals surface area (Å²) in [5.74, 6) is 1.04. The molecule has 1 aromatic rings. The van der Waals surface area contributed by atoms with Crippen molar-refractivity contribution >= 4 is 41.5 Å². The number of nitrogens with zero attached hydrogens (tertiary/aromatic N) is 1. The van der Waals surface area contributed by atoms with Gasteiger partial charge in [0.2, 0.25) is 5.91 Å². The number of carbonyl (C=O) groups excluding carboxylic acids is 1. The molecule has 0 heterocycles. The number of halogens is 1. The number of guanidine groups is 1. The Hall–Kier alpha value is -1.35. The highest BCUT2D eigenvalue weighted by molar-refractivity contribution is 14.0. The summed E-state index contributed by atoms with van der Waals surface area (Å²) in [7, 11) is 3.43. The Morgan fingerprint density at radius 1 is 1.30 bits per heavy atom. The molecule has 0 spiro atoms. The molecule has 3 N–H and O–H groups in total. The van der Waals surface area contributed by atoms with Crippen molar-refractivity contribution in [2.45, 2.75) is 51.6 Å². The van der Waals surface area contributed by atoms with Gasteiger partial charge in [0.15, 0.2) is 5.96 Å². The molecule has 1 aromatic carbocycles. The van der Waals surface area contributed by atoms with E-state index >= 15 is 0 Å². The van der Waals surface area contributed by atoms with Crippen molar-refractivity contribution in [2.75, 3.05) is 26.1 Å². The maximum absolute atomic E-state index is 12.4. The van der Waals surface area contributed by atoms with E-state index in [1.54, 1.807) is 14.2 Å². The summed E-state index contributed by atoms with van der Waals surface area (Å²) < 4.78 is 5.13. The third-order valence-corrected chi connectivity index (χ3v) is 4.65. The Balaban J connectivity index is 0.00000364. The fourth-order valence-electron chi connectivity index (χ4n) is 3.27. The lowest BCUT2D eigenvalue weighted by Crippen LogP contribution is -2.43. The summed E-state index contributed by atoms with van der Waals surface area (Å²) in [5.41, 5.74) is 1.95. The fraction of sp³-hybridized carbons (Fsp3) is 0.600. The van der Waals surface area contributed by atoms with E-state index in [1.165, 1.54) is 6.42 Å². The molecule has 1 unspecified atom stereocenters. The van der Waals surface area contributed by atoms with Crippen LogP contribution in [0.3, 0.4) is 0 Å². The largest absolute Gasteiger partial charge is 0.383 e. The van der Waals surface area contributed by atoms with Gasteiger partial charge >= 0.3 is 0 Å². The van der Waals surface area contributed by atoms with Crippen molar-refractivity contribution in [1.29, 1.82) is 0 Å². The van der Waals surface area contributed by atoms with Crippen molar-refractivity contribution in [1.82, 2.24) is 10.6 Å². The molecule has 27 heavy (non-hydrogen) atoms. The molecule has 7 heteroatoms. The van der Waals surface area contributed by atoms with Crippen LogP contribution in [0.4, 0.5) is 5.69 Å². The highest BCUT2D eigenvalue weighted by atomic mass is 127. The maximum atomic E-state index is 12.4. The average molecular weight is 488 g/mol. The van der Waals surface area contributed by atoms with Gasteiger partial charge in [-0.05, 0) is 37.5 Å². The summed E-state index contributed by atoms with van der Waals surface area (Å²) in [6.45, 7) is 3.29. The van der Waals surface area contributed by atoms with Crippen molar-refractivity contribution in [2.24, 2.45) is 10.9 Å². The summed E-state index contributed by atoms with van der Waals surface area (Å²) in [6, 6.07) is 8.14. The average Bonchev–Trinajstić information content (AvgIpc) is 2.66. The van der Waals surface area contributed by atoms with Gasteiger partial charge < -0.3 is 20.7 Å². The van der Waals surface area contributed by atoms with Gasteiger partial charge in [0.25, 0.3) is 0 Å². The Kier molecular flexibility index (Phi) is 11.3. The number of hydrogen-bond acceptors (Lipinski definition) is 3. The molecule has 1 aliphatic rings. The normalized spacial score (nSPS) is 16.2. The summed E-state index contributed by atoms with van der Waals surface area (Å²) >= 11 is 0. The third-order valence-electron chi connectivity index (χ3n) is 4.65. The van der Waals surface area contributed by atoms with Crippen LogP contribution in [0.2, 0.25) is 0 Å². The number of benzene rings is 1. The number of rotatable bonds is 7. The van der Waals surface area contributed by atoms with E-state index in [2.05, 4.69) is 20.9 Å². The fourth-order valence-corrected chi connectivity index (χ4v) is 3.27. The zero-order valence-electron chi connectivity index (χ0n) is 16.6. The summed E-state index contributed by atoms with van der Waals surface area (Å²) in [6.07, 6.45) is 5.60. The van der Waals surface area contributed by atoms with E-state index in [1.807, 2.05) is 31.2 Å². The minimum Gasteiger partial charge on any atom is -0.383 e. The molecule has 0 aromatic heterocycles. The summed E-state index contributed by atoms with van der Waals surface area (Å²) in [4.78, 5) is 16.6. The molecule has 0 saturated heterocycles. The molecular formula is C20H33IN4O2. The first-order valence-corrected chi connectivity index (χ1v) is 9.48. The predicted octanol–water partition coefficient (Wildman–Crippen LogP) is 3.52. The quantitative estimate of drug-likeness (QED) is 0.312. The van der Waals surface area contributed by atoms with Gasteiger partial charge in [0.1, 0.15) is 0 Å². The van der Waals surface area contributed by atoms with Gasteiger partial charge in [-0.1, -0.05) is 31.4 Å². The van der Waals surface area contributed by atoms with Crippen molar-refractivity contribution in [3.05, 3.63) is 29.8 Å². The van der Waals surface area contributed by atoms with Gasteiger partial charge in [-0.2, -0.15) is 0 Å². The minimum atomic E-state index is 0. The molecule has 1 saturated carbocycles. The topological polar surface area (TPSA) is 74.8 Å². The zero-order valence-corrected chi connectivity index (χ0v) is 18.9. The molecular weight excluding hydrogens is 455 g/mol. The summed E-state index contributed by atoms with van der Waals surface area (Å²) in [5, 5.41) is 9.63. The van der Waals surface area contributed by atoms with Crippen molar-refractivity contribution < 1.29 is 9.53 Å². The molecule has 0 aliphatic heterocycles. The monoisotopic (exact) mass is 488 g/mol. The molecule has 1 amide bonds. The smallest absolute Gasteiger partial charge is 0.227 e. The van der Waals surface area contributed by atoms with E-state index in [4.69, 9.17) is 4.74 Å². The van der Waals surface area contributed by atoms with Crippen LogP contribution in [0, 0.1) is 5.92 Å². The standard InChI is InChI=1S/C20H32N4O2.HI/c1-15(14-26-3)23-20(21-2)22-13-16-8-7-11-18(12-16)24-19(25)17-9-5-4-6-10-17;/h7-8,11-12,15,17H,4-6,9-10,13-14H2,1-3H3,(H,24,25)(H2,21,22,23);1H. The maximum Gasteiger partial charge on any atom is 0.227 e. The van der Waals surface area contributed by atoms with Crippen LogP contribution in [-0.2, 0) is 16.1 Å². The van der Waals surface area contributed by atoms with Gasteiger partial charge in [0, 0.05) is 38.3 Å². The lowest BCUT2D eigenvalue weighted by atomic mass is 9.88. The first-order chi connectivity index (χ1) is 12.6. The Morgan fingerprint density at radius 2 is 2.04 bits per heavy atom. The second-order valence-electron chi connectivity index (χ2n) is 6.95. The SMILES string of the molecule is CN=C(NCc1cccc(NC(=O)C2CCCCC2)c1)NC(C)COC.I. The number of nitrogens with one attached hydrogen (secondary N) is 3. The lowest BCUT2D eigenvalue weighted by Gasteiger charge is -2.21. The van der Waals surface area contributed by atoms with Crippen LogP contribution in [0.25, 0.3) is 0 Å². The number of amides is 1. The van der Waals surface area contributed by atoms with E-state index in [0.29, 0.717) is 13.2 Å². The van der Waals surface area contributed by atoms with Crippen molar-refractivity contribution in [3.8, 4) is 0 Å². The predicted molar refractivity (Wildman–Crippen MR) is 122 cm³/mol. The molecule has 1 atom stereocenters. The van der Waals surface area contributed by atoms with Crippen LogP contribution in [0.5, 0.6) is 0 Å². The van der Waals surface area contributed by atoms with Crippen LogP contribution in [0.15, 0.2) is 29.3 Å². The van der Waals surface area contributed by atoms with Crippen molar-refractivity contribution in [3.63, 3.8) is 0 Å².